The van der Waals surface area contributed by atoms with Crippen molar-refractivity contribution in [3.8, 4) is 11.5 Å². The van der Waals surface area contributed by atoms with Crippen molar-refractivity contribution in [3.05, 3.63) is 23.8 Å². The van der Waals surface area contributed by atoms with Crippen LogP contribution in [0.4, 0.5) is 13.2 Å². The third-order valence-corrected chi connectivity index (χ3v) is 4.23. The van der Waals surface area contributed by atoms with Gasteiger partial charge < -0.3 is 20.1 Å². The van der Waals surface area contributed by atoms with Crippen LogP contribution in [0.15, 0.2) is 23.2 Å². The third-order valence-electron chi connectivity index (χ3n) is 4.23. The molecule has 0 radical (unpaired) electrons. The molecule has 6 nitrogen and oxygen atoms in total. The van der Waals surface area contributed by atoms with Gasteiger partial charge in [0.05, 0.1) is 20.3 Å². The van der Waals surface area contributed by atoms with Gasteiger partial charge in [0.25, 0.3) is 0 Å². The van der Waals surface area contributed by atoms with Crippen LogP contribution in [0.25, 0.3) is 0 Å². The summed E-state index contributed by atoms with van der Waals surface area (Å²) in [6.45, 7) is 2.85. The average Bonchev–Trinajstić information content (AvgIpc) is 3.04. The van der Waals surface area contributed by atoms with E-state index in [1.165, 1.54) is 4.90 Å². The Balaban J connectivity index is 0.00000392. The van der Waals surface area contributed by atoms with Gasteiger partial charge in [-0.1, -0.05) is 6.07 Å². The summed E-state index contributed by atoms with van der Waals surface area (Å²) in [6.07, 6.45) is -3.52. The largest absolute Gasteiger partial charge is 0.493 e. The Kier molecular flexibility index (Phi) is 10.1. The summed E-state index contributed by atoms with van der Waals surface area (Å²) >= 11 is 0. The average molecular weight is 516 g/mol. The van der Waals surface area contributed by atoms with Gasteiger partial charge in [0.2, 0.25) is 0 Å². The fourth-order valence-corrected chi connectivity index (χ4v) is 3.02. The van der Waals surface area contributed by atoms with E-state index in [0.29, 0.717) is 50.1 Å². The van der Waals surface area contributed by atoms with Crippen LogP contribution in [0.5, 0.6) is 11.5 Å². The quantitative estimate of drug-likeness (QED) is 0.332. The molecular weight excluding hydrogens is 488 g/mol. The number of alkyl halides is 3. The molecule has 1 atom stereocenters. The van der Waals surface area contributed by atoms with Gasteiger partial charge in [-0.3, -0.25) is 9.89 Å². The number of halogens is 4. The number of nitrogens with one attached hydrogen (secondary N) is 2. The Labute approximate surface area is 180 Å². The number of rotatable bonds is 7. The van der Waals surface area contributed by atoms with Gasteiger partial charge >= 0.3 is 6.18 Å². The van der Waals surface area contributed by atoms with Gasteiger partial charge in [0.15, 0.2) is 17.5 Å². The molecule has 160 valence electrons. The number of nitrogens with zero attached hydrogens (tertiary/aromatic N) is 2. The molecule has 0 aliphatic carbocycles. The summed E-state index contributed by atoms with van der Waals surface area (Å²) in [5.74, 6) is 1.89. The Morgan fingerprint density at radius 2 is 2.07 bits per heavy atom. The van der Waals surface area contributed by atoms with E-state index in [0.717, 1.165) is 5.56 Å². The molecule has 1 aromatic carbocycles. The second-order valence-corrected chi connectivity index (χ2v) is 6.32. The van der Waals surface area contributed by atoms with Crippen molar-refractivity contribution in [3.63, 3.8) is 0 Å². The highest BCUT2D eigenvalue weighted by molar-refractivity contribution is 14.0. The number of guanidine groups is 1. The zero-order chi connectivity index (χ0) is 19.9. The van der Waals surface area contributed by atoms with Crippen LogP contribution in [-0.2, 0) is 6.54 Å². The zero-order valence-corrected chi connectivity index (χ0v) is 18.6. The maximum absolute atomic E-state index is 12.5. The lowest BCUT2D eigenvalue weighted by Crippen LogP contribution is -2.44. The van der Waals surface area contributed by atoms with Crippen molar-refractivity contribution in [2.75, 3.05) is 40.4 Å². The van der Waals surface area contributed by atoms with Gasteiger partial charge in [-0.15, -0.1) is 24.0 Å². The Morgan fingerprint density at radius 3 is 2.68 bits per heavy atom. The topological polar surface area (TPSA) is 58.1 Å². The molecule has 0 aromatic heterocycles. The molecular formula is C18H28F3IN4O2. The normalized spacial score (nSPS) is 17.8. The van der Waals surface area contributed by atoms with E-state index in [2.05, 4.69) is 15.6 Å². The number of ether oxygens (including phenoxy) is 2. The van der Waals surface area contributed by atoms with Crippen molar-refractivity contribution in [1.29, 1.82) is 0 Å². The van der Waals surface area contributed by atoms with Crippen molar-refractivity contribution in [2.24, 2.45) is 4.99 Å². The molecule has 1 aliphatic heterocycles. The van der Waals surface area contributed by atoms with E-state index in [-0.39, 0.29) is 30.0 Å². The number of likely N-dealkylation sites (tertiary alicyclic amines) is 1. The predicted molar refractivity (Wildman–Crippen MR) is 114 cm³/mol. The molecule has 10 heteroatoms. The molecule has 0 amide bonds. The van der Waals surface area contributed by atoms with Crippen molar-refractivity contribution >= 4 is 29.9 Å². The molecule has 28 heavy (non-hydrogen) atoms. The summed E-state index contributed by atoms with van der Waals surface area (Å²) in [7, 11) is 3.22. The van der Waals surface area contributed by atoms with Crippen LogP contribution in [0, 0.1) is 0 Å². The van der Waals surface area contributed by atoms with E-state index in [1.807, 2.05) is 25.1 Å². The van der Waals surface area contributed by atoms with Crippen molar-refractivity contribution in [2.45, 2.75) is 32.1 Å². The molecule has 2 N–H and O–H groups in total. The van der Waals surface area contributed by atoms with Crippen molar-refractivity contribution < 1.29 is 22.6 Å². The first kappa shape index (κ1) is 24.6. The first-order valence-corrected chi connectivity index (χ1v) is 8.90. The number of benzene rings is 1. The van der Waals surface area contributed by atoms with Crippen molar-refractivity contribution in [1.82, 2.24) is 15.5 Å². The summed E-state index contributed by atoms with van der Waals surface area (Å²) in [4.78, 5) is 5.56. The zero-order valence-electron chi connectivity index (χ0n) is 16.3. The maximum atomic E-state index is 12.5. The molecule has 0 bridgehead atoms. The van der Waals surface area contributed by atoms with E-state index in [9.17, 15) is 13.2 Å². The first-order chi connectivity index (χ1) is 12.8. The van der Waals surface area contributed by atoms with Gasteiger partial charge in [-0.25, -0.2) is 0 Å². The molecule has 0 spiro atoms. The maximum Gasteiger partial charge on any atom is 0.401 e. The monoisotopic (exact) mass is 516 g/mol. The lowest BCUT2D eigenvalue weighted by atomic mass is 10.2. The van der Waals surface area contributed by atoms with Crippen LogP contribution in [0.2, 0.25) is 0 Å². The lowest BCUT2D eigenvalue weighted by Gasteiger charge is -2.20. The van der Waals surface area contributed by atoms with E-state index >= 15 is 0 Å². The standard InChI is InChI=1S/C18H27F3N4O2.HI/c1-4-27-15-6-5-13(9-16(15)26-3)10-23-17(22-2)24-14-7-8-25(11-14)12-18(19,20)21;/h5-6,9,14H,4,7-8,10-12H2,1-3H3,(H2,22,23,24);1H. The highest BCUT2D eigenvalue weighted by Gasteiger charge is 2.34. The van der Waals surface area contributed by atoms with Gasteiger partial charge in [0, 0.05) is 32.7 Å². The summed E-state index contributed by atoms with van der Waals surface area (Å²) in [6, 6.07) is 5.59. The molecule has 0 saturated carbocycles. The number of hydrogen-bond donors (Lipinski definition) is 2. The summed E-state index contributed by atoms with van der Waals surface area (Å²) < 4.78 is 48.3. The van der Waals surface area contributed by atoms with E-state index in [1.54, 1.807) is 14.2 Å². The molecule has 1 fully saturated rings. The highest BCUT2D eigenvalue weighted by Crippen LogP contribution is 2.28. The third kappa shape index (κ3) is 7.90. The minimum atomic E-state index is -4.17. The van der Waals surface area contributed by atoms with Gasteiger partial charge in [-0.05, 0) is 31.0 Å². The van der Waals surface area contributed by atoms with Gasteiger partial charge in [0.1, 0.15) is 0 Å². The van der Waals surface area contributed by atoms with Gasteiger partial charge in [-0.2, -0.15) is 13.2 Å². The first-order valence-electron chi connectivity index (χ1n) is 8.90. The Morgan fingerprint density at radius 1 is 1.32 bits per heavy atom. The fraction of sp³-hybridized carbons (Fsp3) is 0.611. The Hall–Kier alpha value is -1.43. The minimum Gasteiger partial charge on any atom is -0.493 e. The SMILES string of the molecule is CCOc1ccc(CNC(=NC)NC2CCN(CC(F)(F)F)C2)cc1OC.I. The second-order valence-electron chi connectivity index (χ2n) is 6.32. The molecule has 1 heterocycles. The number of hydrogen-bond acceptors (Lipinski definition) is 4. The Bertz CT molecular complexity index is 644. The minimum absolute atomic E-state index is 0. The lowest BCUT2D eigenvalue weighted by molar-refractivity contribution is -0.143. The fourth-order valence-electron chi connectivity index (χ4n) is 3.02. The number of methoxy groups -OCH3 is 1. The molecule has 1 saturated heterocycles. The molecule has 1 aliphatic rings. The van der Waals surface area contributed by atoms with Crippen LogP contribution >= 0.6 is 24.0 Å². The predicted octanol–water partition coefficient (Wildman–Crippen LogP) is 3.01. The van der Waals surface area contributed by atoms with Crippen LogP contribution in [0.3, 0.4) is 0 Å². The summed E-state index contributed by atoms with van der Waals surface area (Å²) in [5.41, 5.74) is 0.975. The van der Waals surface area contributed by atoms with Crippen LogP contribution in [-0.4, -0.2) is 63.5 Å². The second kappa shape index (κ2) is 11.5. The van der Waals surface area contributed by atoms with E-state index < -0.39 is 12.7 Å². The van der Waals surface area contributed by atoms with E-state index in [4.69, 9.17) is 9.47 Å². The smallest absolute Gasteiger partial charge is 0.401 e. The summed E-state index contributed by atoms with van der Waals surface area (Å²) in [5, 5.41) is 6.37. The number of aliphatic imine (C=N–C) groups is 1. The van der Waals surface area contributed by atoms with Crippen LogP contribution in [0.1, 0.15) is 18.9 Å². The highest BCUT2D eigenvalue weighted by atomic mass is 127. The molecule has 1 aromatic rings. The molecule has 1 unspecified atom stereocenters. The molecule has 2 rings (SSSR count). The van der Waals surface area contributed by atoms with Crippen LogP contribution < -0.4 is 20.1 Å².